The Morgan fingerprint density at radius 1 is 0.750 bits per heavy atom. The lowest BCUT2D eigenvalue weighted by Crippen LogP contribution is -2.41. The molecular weight excluding hydrogens is 587 g/mol. The van der Waals surface area contributed by atoms with Crippen LogP contribution in [0.1, 0.15) is 73.4 Å². The van der Waals surface area contributed by atoms with Crippen molar-refractivity contribution >= 4 is 52.4 Å². The first-order chi connectivity index (χ1) is 18.6. The average molecular weight is 621 g/mol. The summed E-state index contributed by atoms with van der Waals surface area (Å²) in [5, 5.41) is 0. The number of carbonyl (C=O) groups excluding carboxylic acids is 4. The molecule has 12 heteroatoms. The summed E-state index contributed by atoms with van der Waals surface area (Å²) in [6, 6.07) is 9.96. The van der Waals surface area contributed by atoms with E-state index in [1.165, 1.54) is 28.1 Å². The van der Waals surface area contributed by atoms with Crippen molar-refractivity contribution in [1.82, 2.24) is 0 Å². The fourth-order valence-corrected chi connectivity index (χ4v) is 3.92. The van der Waals surface area contributed by atoms with Crippen LogP contribution in [0.25, 0.3) is 0 Å². The summed E-state index contributed by atoms with van der Waals surface area (Å²) in [5.41, 5.74) is 1.96. The molecule has 0 atom stereocenters. The number of hydrogen-bond donors (Lipinski definition) is 0. The molecule has 216 valence electrons. The largest absolute Gasteiger partial charge is 0.495 e. The highest BCUT2D eigenvalue weighted by atomic mass is 79.9. The number of hydrogen-bond acceptors (Lipinski definition) is 10. The smallest absolute Gasteiger partial charge is 0.465 e. The summed E-state index contributed by atoms with van der Waals surface area (Å²) in [5.74, 6) is -1.58. The van der Waals surface area contributed by atoms with Gasteiger partial charge in [-0.1, -0.05) is 28.1 Å². The molecular formula is C28H34BBrO10. The van der Waals surface area contributed by atoms with Crippen LogP contribution < -0.4 is 5.46 Å². The Kier molecular flexibility index (Phi) is 11.5. The van der Waals surface area contributed by atoms with Gasteiger partial charge in [0.25, 0.3) is 0 Å². The maximum atomic E-state index is 11.8. The van der Waals surface area contributed by atoms with Crippen molar-refractivity contribution in [3.63, 3.8) is 0 Å². The molecule has 0 saturated carbocycles. The Balaban J connectivity index is 0.000000305. The second-order valence-corrected chi connectivity index (χ2v) is 10.7. The summed E-state index contributed by atoms with van der Waals surface area (Å²) in [4.78, 5) is 44.8. The zero-order chi connectivity index (χ0) is 30.3. The van der Waals surface area contributed by atoms with Gasteiger partial charge >= 0.3 is 31.0 Å². The first-order valence-corrected chi connectivity index (χ1v) is 13.1. The topological polar surface area (TPSA) is 124 Å². The molecule has 2 aromatic carbocycles. The predicted octanol–water partition coefficient (Wildman–Crippen LogP) is 4.13. The molecule has 0 aliphatic carbocycles. The van der Waals surface area contributed by atoms with Gasteiger partial charge < -0.3 is 28.3 Å². The molecule has 3 rings (SSSR count). The lowest BCUT2D eigenvalue weighted by Gasteiger charge is -2.32. The molecule has 10 nitrogen and oxygen atoms in total. The number of carbonyl (C=O) groups is 4. The van der Waals surface area contributed by atoms with E-state index >= 15 is 0 Å². The van der Waals surface area contributed by atoms with Gasteiger partial charge in [-0.25, -0.2) is 9.59 Å². The molecule has 1 aliphatic rings. The summed E-state index contributed by atoms with van der Waals surface area (Å²) >= 11 is 3.30. The quantitative estimate of drug-likeness (QED) is 0.253. The third-order valence-corrected chi connectivity index (χ3v) is 7.15. The van der Waals surface area contributed by atoms with Crippen molar-refractivity contribution in [2.24, 2.45) is 0 Å². The molecule has 0 N–H and O–H groups in total. The molecule has 1 heterocycles. The minimum atomic E-state index is -0.662. The van der Waals surface area contributed by atoms with E-state index in [-0.39, 0.29) is 25.2 Å². The Morgan fingerprint density at radius 2 is 1.18 bits per heavy atom. The van der Waals surface area contributed by atoms with Gasteiger partial charge in [-0.2, -0.15) is 0 Å². The fourth-order valence-electron chi connectivity index (χ4n) is 3.43. The Hall–Kier alpha value is -3.22. The van der Waals surface area contributed by atoms with Gasteiger partial charge in [0.15, 0.2) is 0 Å². The lowest BCUT2D eigenvalue weighted by atomic mass is 9.75. The predicted molar refractivity (Wildman–Crippen MR) is 150 cm³/mol. The summed E-state index contributed by atoms with van der Waals surface area (Å²) < 4.78 is 32.1. The van der Waals surface area contributed by atoms with Gasteiger partial charge in [-0.3, -0.25) is 9.59 Å². The van der Waals surface area contributed by atoms with Crippen molar-refractivity contribution < 1.29 is 47.4 Å². The molecule has 1 saturated heterocycles. The van der Waals surface area contributed by atoms with Crippen molar-refractivity contribution in [2.75, 3.05) is 14.2 Å². The van der Waals surface area contributed by atoms with Crippen molar-refractivity contribution in [3.05, 3.63) is 63.1 Å². The molecule has 1 fully saturated rings. The SMILES string of the molecule is COC(=O)c1ccc(COC(C)=O)c(B2OC(C)(C)C(C)(C)O2)c1.COC(=O)c1ccc(COC(C)=O)c(Br)c1. The van der Waals surface area contributed by atoms with Crippen molar-refractivity contribution in [2.45, 2.75) is 66.0 Å². The Morgan fingerprint density at radius 3 is 1.60 bits per heavy atom. The monoisotopic (exact) mass is 620 g/mol. The molecule has 0 bridgehead atoms. The van der Waals surface area contributed by atoms with Gasteiger partial charge in [0.2, 0.25) is 0 Å². The second-order valence-electron chi connectivity index (χ2n) is 9.85. The highest BCUT2D eigenvalue weighted by Crippen LogP contribution is 2.36. The van der Waals surface area contributed by atoms with Crippen LogP contribution >= 0.6 is 15.9 Å². The molecule has 0 unspecified atom stereocenters. The van der Waals surface area contributed by atoms with E-state index in [4.69, 9.17) is 23.5 Å². The van der Waals surface area contributed by atoms with Gasteiger partial charge in [-0.05, 0) is 63.0 Å². The third-order valence-electron chi connectivity index (χ3n) is 6.41. The molecule has 0 aromatic heterocycles. The van der Waals surface area contributed by atoms with Gasteiger partial charge in [0.05, 0.1) is 36.5 Å². The van der Waals surface area contributed by atoms with Crippen LogP contribution in [0.2, 0.25) is 0 Å². The molecule has 40 heavy (non-hydrogen) atoms. The average Bonchev–Trinajstić information content (AvgIpc) is 3.12. The zero-order valence-corrected chi connectivity index (χ0v) is 25.5. The molecule has 0 radical (unpaired) electrons. The maximum absolute atomic E-state index is 11.8. The van der Waals surface area contributed by atoms with E-state index in [1.54, 1.807) is 36.4 Å². The number of benzene rings is 2. The minimum Gasteiger partial charge on any atom is -0.465 e. The van der Waals surface area contributed by atoms with E-state index < -0.39 is 30.3 Å². The van der Waals surface area contributed by atoms with E-state index in [9.17, 15) is 19.2 Å². The highest BCUT2D eigenvalue weighted by Gasteiger charge is 2.52. The van der Waals surface area contributed by atoms with Crippen LogP contribution in [0.5, 0.6) is 0 Å². The van der Waals surface area contributed by atoms with Gasteiger partial charge in [0, 0.05) is 23.9 Å². The molecule has 0 spiro atoms. The standard InChI is InChI=1S/C17H23BO6.C11H11BrO4/c1-11(19)22-10-13-8-7-12(15(20)21-6)9-14(13)18-23-16(2,3)17(4,5)24-18;1-7(13)16-6-9-4-3-8(5-10(9)12)11(14)15-2/h7-9H,10H2,1-6H3;3-5H,6H2,1-2H3. The highest BCUT2D eigenvalue weighted by molar-refractivity contribution is 9.10. The van der Waals surface area contributed by atoms with E-state index in [0.717, 1.165) is 11.1 Å². The molecule has 2 aromatic rings. The van der Waals surface area contributed by atoms with Crippen LogP contribution in [0.15, 0.2) is 40.9 Å². The van der Waals surface area contributed by atoms with E-state index in [0.29, 0.717) is 21.1 Å². The number of ether oxygens (including phenoxy) is 4. The normalized spacial score (nSPS) is 14.9. The number of methoxy groups -OCH3 is 2. The molecule has 0 amide bonds. The summed E-state index contributed by atoms with van der Waals surface area (Å²) in [6.45, 7) is 10.7. The zero-order valence-electron chi connectivity index (χ0n) is 23.9. The second kappa shape index (κ2) is 13.9. The van der Waals surface area contributed by atoms with Gasteiger partial charge in [0.1, 0.15) is 13.2 Å². The van der Waals surface area contributed by atoms with E-state index in [2.05, 4.69) is 20.7 Å². The van der Waals surface area contributed by atoms with Crippen molar-refractivity contribution in [1.29, 1.82) is 0 Å². The summed E-state index contributed by atoms with van der Waals surface area (Å²) in [7, 11) is 1.98. The maximum Gasteiger partial charge on any atom is 0.495 e. The van der Waals surface area contributed by atoms with Crippen LogP contribution in [-0.2, 0) is 51.1 Å². The van der Waals surface area contributed by atoms with Gasteiger partial charge in [-0.15, -0.1) is 0 Å². The Bertz CT molecular complexity index is 1240. The van der Waals surface area contributed by atoms with Crippen molar-refractivity contribution in [3.8, 4) is 0 Å². The van der Waals surface area contributed by atoms with E-state index in [1.807, 2.05) is 27.7 Å². The minimum absolute atomic E-state index is 0.0796. The van der Waals surface area contributed by atoms with Crippen LogP contribution in [0.3, 0.4) is 0 Å². The fraction of sp³-hybridized carbons (Fsp3) is 0.429. The number of halogens is 1. The summed E-state index contributed by atoms with van der Waals surface area (Å²) in [6.07, 6.45) is 0. The molecule has 1 aliphatic heterocycles. The van der Waals surface area contributed by atoms with Crippen LogP contribution in [0, 0.1) is 0 Å². The van der Waals surface area contributed by atoms with Crippen LogP contribution in [0.4, 0.5) is 0 Å². The van der Waals surface area contributed by atoms with Crippen LogP contribution in [-0.4, -0.2) is 56.4 Å². The number of rotatable bonds is 7. The third kappa shape index (κ3) is 8.64. The number of esters is 4. The Labute approximate surface area is 242 Å². The lowest BCUT2D eigenvalue weighted by molar-refractivity contribution is -0.143. The first-order valence-electron chi connectivity index (χ1n) is 12.3. The first kappa shape index (κ1) is 33.0.